The van der Waals surface area contributed by atoms with Crippen molar-refractivity contribution in [2.24, 2.45) is 0 Å². The molecule has 0 saturated carbocycles. The Balaban J connectivity index is 2.03. The van der Waals surface area contributed by atoms with Crippen LogP contribution in [0.2, 0.25) is 0 Å². The minimum Gasteiger partial charge on any atom is -0.496 e. The lowest BCUT2D eigenvalue weighted by atomic mass is 10.1. The average Bonchev–Trinajstić information content (AvgIpc) is 2.81. The molecule has 0 spiro atoms. The Morgan fingerprint density at radius 2 is 2.11 bits per heavy atom. The van der Waals surface area contributed by atoms with E-state index in [0.717, 1.165) is 11.3 Å². The van der Waals surface area contributed by atoms with Gasteiger partial charge in [-0.15, -0.1) is 0 Å². The molecule has 0 unspecified atom stereocenters. The number of nitrogens with one attached hydrogen (secondary N) is 3. The Morgan fingerprint density at radius 1 is 1.32 bits per heavy atom. The lowest BCUT2D eigenvalue weighted by molar-refractivity contribution is 0.0950. The van der Waals surface area contributed by atoms with Gasteiger partial charge in [0, 0.05) is 11.6 Å². The van der Waals surface area contributed by atoms with Gasteiger partial charge in [0.1, 0.15) is 5.75 Å². The predicted molar refractivity (Wildman–Crippen MR) is 70.3 cm³/mol. The summed E-state index contributed by atoms with van der Waals surface area (Å²) in [5.41, 5.74) is 1.86. The first-order valence-corrected chi connectivity index (χ1v) is 5.79. The van der Waals surface area contributed by atoms with Gasteiger partial charge in [0.25, 0.3) is 11.5 Å². The maximum atomic E-state index is 11.9. The summed E-state index contributed by atoms with van der Waals surface area (Å²) in [7, 11) is 1.59. The molecule has 2 rings (SSSR count). The molecule has 1 amide bonds. The van der Waals surface area contributed by atoms with Crippen LogP contribution in [0.1, 0.15) is 21.6 Å². The number of H-pyrrole nitrogens is 2. The summed E-state index contributed by atoms with van der Waals surface area (Å²) in [6.07, 6.45) is 0. The molecule has 0 radical (unpaired) electrons. The van der Waals surface area contributed by atoms with Crippen LogP contribution in [0, 0.1) is 6.92 Å². The van der Waals surface area contributed by atoms with Crippen LogP contribution in [-0.4, -0.2) is 23.2 Å². The molecule has 2 aromatic rings. The van der Waals surface area contributed by atoms with Gasteiger partial charge in [0.2, 0.25) is 0 Å². The maximum absolute atomic E-state index is 11.9. The van der Waals surface area contributed by atoms with Crippen LogP contribution in [0.4, 0.5) is 0 Å². The van der Waals surface area contributed by atoms with Crippen molar-refractivity contribution in [2.75, 3.05) is 7.11 Å². The van der Waals surface area contributed by atoms with Gasteiger partial charge < -0.3 is 15.2 Å². The predicted octanol–water partition coefficient (Wildman–Crippen LogP) is 0.950. The zero-order valence-corrected chi connectivity index (χ0v) is 10.7. The van der Waals surface area contributed by atoms with Crippen LogP contribution in [-0.2, 0) is 6.54 Å². The number of aromatic nitrogens is 2. The molecule has 0 bridgehead atoms. The fourth-order valence-corrected chi connectivity index (χ4v) is 1.76. The molecule has 3 N–H and O–H groups in total. The van der Waals surface area contributed by atoms with E-state index in [-0.39, 0.29) is 18.0 Å². The molecule has 1 heterocycles. The number of hydrogen-bond donors (Lipinski definition) is 3. The molecular formula is C13H15N3O3. The molecular weight excluding hydrogens is 246 g/mol. The molecule has 0 aliphatic carbocycles. The molecule has 0 fully saturated rings. The number of hydrogen-bond acceptors (Lipinski definition) is 3. The third-order valence-corrected chi connectivity index (χ3v) is 2.75. The minimum atomic E-state index is -0.218. The molecule has 0 saturated heterocycles. The first kappa shape index (κ1) is 12.9. The number of benzene rings is 1. The lowest BCUT2D eigenvalue weighted by Crippen LogP contribution is -2.23. The van der Waals surface area contributed by atoms with Gasteiger partial charge in [-0.1, -0.05) is 0 Å². The summed E-state index contributed by atoms with van der Waals surface area (Å²) in [6.45, 7) is 2.14. The highest BCUT2D eigenvalue weighted by Gasteiger charge is 2.08. The molecule has 19 heavy (non-hydrogen) atoms. The molecule has 0 aliphatic rings. The van der Waals surface area contributed by atoms with Crippen molar-refractivity contribution in [1.82, 2.24) is 15.5 Å². The third-order valence-electron chi connectivity index (χ3n) is 2.75. The number of ether oxygens (including phenoxy) is 1. The standard InChI is InChI=1S/C13H15N3O3/c1-8-5-9(3-4-11(8)19-2)13(18)14-7-10-6-12(17)16-15-10/h3-6H,7H2,1-2H3,(H,14,18)(H2,15,16,17). The van der Waals surface area contributed by atoms with E-state index < -0.39 is 0 Å². The lowest BCUT2D eigenvalue weighted by Gasteiger charge is -2.07. The fourth-order valence-electron chi connectivity index (χ4n) is 1.76. The monoisotopic (exact) mass is 261 g/mol. The van der Waals surface area contributed by atoms with Gasteiger partial charge in [-0.25, -0.2) is 0 Å². The van der Waals surface area contributed by atoms with E-state index in [1.807, 2.05) is 6.92 Å². The summed E-state index contributed by atoms with van der Waals surface area (Å²) in [5.74, 6) is 0.541. The number of methoxy groups -OCH3 is 1. The van der Waals surface area contributed by atoms with Gasteiger partial charge in [-0.05, 0) is 30.7 Å². The van der Waals surface area contributed by atoms with Gasteiger partial charge in [0.05, 0.1) is 19.3 Å². The molecule has 1 aromatic carbocycles. The van der Waals surface area contributed by atoms with Gasteiger partial charge >= 0.3 is 0 Å². The summed E-state index contributed by atoms with van der Waals surface area (Å²) >= 11 is 0. The van der Waals surface area contributed by atoms with E-state index in [1.54, 1.807) is 25.3 Å². The van der Waals surface area contributed by atoms with Crippen molar-refractivity contribution in [1.29, 1.82) is 0 Å². The zero-order valence-electron chi connectivity index (χ0n) is 10.7. The molecule has 0 atom stereocenters. The Bertz CT molecular complexity index is 643. The SMILES string of the molecule is COc1ccc(C(=O)NCc2cc(=O)[nH][nH]2)cc1C. The van der Waals surface area contributed by atoms with Gasteiger partial charge in [-0.3, -0.25) is 14.7 Å². The molecule has 6 heteroatoms. The van der Waals surface area contributed by atoms with Crippen LogP contribution >= 0.6 is 0 Å². The summed E-state index contributed by atoms with van der Waals surface area (Å²) in [5, 5.41) is 7.80. The van der Waals surface area contributed by atoms with Crippen molar-refractivity contribution >= 4 is 5.91 Å². The van der Waals surface area contributed by atoms with Crippen molar-refractivity contribution in [3.05, 3.63) is 51.4 Å². The van der Waals surface area contributed by atoms with Crippen molar-refractivity contribution in [2.45, 2.75) is 13.5 Å². The van der Waals surface area contributed by atoms with E-state index >= 15 is 0 Å². The van der Waals surface area contributed by atoms with Gasteiger partial charge in [-0.2, -0.15) is 0 Å². The first-order chi connectivity index (χ1) is 9.10. The Kier molecular flexibility index (Phi) is 3.70. The largest absolute Gasteiger partial charge is 0.496 e. The third kappa shape index (κ3) is 3.04. The van der Waals surface area contributed by atoms with Crippen LogP contribution in [0.15, 0.2) is 29.1 Å². The molecule has 0 aliphatic heterocycles. The number of aromatic amines is 2. The van der Waals surface area contributed by atoms with Crippen molar-refractivity contribution in [3.8, 4) is 5.75 Å². The zero-order chi connectivity index (χ0) is 13.8. The summed E-state index contributed by atoms with van der Waals surface area (Å²) in [6, 6.07) is 6.61. The summed E-state index contributed by atoms with van der Waals surface area (Å²) < 4.78 is 5.14. The molecule has 6 nitrogen and oxygen atoms in total. The minimum absolute atomic E-state index is 0.201. The van der Waals surface area contributed by atoms with E-state index in [4.69, 9.17) is 4.74 Å². The highest BCUT2D eigenvalue weighted by atomic mass is 16.5. The second-order valence-corrected chi connectivity index (χ2v) is 4.15. The number of carbonyl (C=O) groups excluding carboxylic acids is 1. The van der Waals surface area contributed by atoms with Crippen molar-refractivity contribution in [3.63, 3.8) is 0 Å². The van der Waals surface area contributed by atoms with E-state index in [2.05, 4.69) is 15.5 Å². The summed E-state index contributed by atoms with van der Waals surface area (Å²) in [4.78, 5) is 22.8. The number of carbonyl (C=O) groups is 1. The first-order valence-electron chi connectivity index (χ1n) is 5.79. The number of rotatable bonds is 4. The topological polar surface area (TPSA) is 87.0 Å². The Morgan fingerprint density at radius 3 is 2.68 bits per heavy atom. The molecule has 100 valence electrons. The van der Waals surface area contributed by atoms with Crippen LogP contribution < -0.4 is 15.6 Å². The van der Waals surface area contributed by atoms with Crippen LogP contribution in [0.5, 0.6) is 5.75 Å². The average molecular weight is 261 g/mol. The smallest absolute Gasteiger partial charge is 0.264 e. The second-order valence-electron chi connectivity index (χ2n) is 4.15. The van der Waals surface area contributed by atoms with E-state index in [9.17, 15) is 9.59 Å². The number of amides is 1. The highest BCUT2D eigenvalue weighted by Crippen LogP contribution is 2.18. The van der Waals surface area contributed by atoms with Crippen molar-refractivity contribution < 1.29 is 9.53 Å². The van der Waals surface area contributed by atoms with Gasteiger partial charge in [0.15, 0.2) is 0 Å². The second kappa shape index (κ2) is 5.43. The Labute approximate surface area is 109 Å². The Hall–Kier alpha value is -2.50. The highest BCUT2D eigenvalue weighted by molar-refractivity contribution is 5.94. The van der Waals surface area contributed by atoms with Crippen LogP contribution in [0.25, 0.3) is 0 Å². The maximum Gasteiger partial charge on any atom is 0.264 e. The van der Waals surface area contributed by atoms with E-state index in [1.165, 1.54) is 6.07 Å². The fraction of sp³-hybridized carbons (Fsp3) is 0.231. The normalized spacial score (nSPS) is 10.2. The quantitative estimate of drug-likeness (QED) is 0.765. The molecule has 1 aromatic heterocycles. The van der Waals surface area contributed by atoms with Crippen LogP contribution in [0.3, 0.4) is 0 Å². The van der Waals surface area contributed by atoms with E-state index in [0.29, 0.717) is 11.3 Å². The number of aryl methyl sites for hydroxylation is 1.